The SMILES string of the molecule is CC1(C)COB(c2ccc(OC3CC3)cc2)OC1. The van der Waals surface area contributed by atoms with Gasteiger partial charge in [-0.15, -0.1) is 0 Å². The zero-order valence-electron chi connectivity index (χ0n) is 11.0. The van der Waals surface area contributed by atoms with Crippen LogP contribution in [0.2, 0.25) is 0 Å². The van der Waals surface area contributed by atoms with Crippen molar-refractivity contribution >= 4 is 12.6 Å². The number of ether oxygens (including phenoxy) is 1. The van der Waals surface area contributed by atoms with Crippen LogP contribution in [-0.2, 0) is 9.31 Å². The van der Waals surface area contributed by atoms with Crippen LogP contribution in [0.5, 0.6) is 5.75 Å². The summed E-state index contributed by atoms with van der Waals surface area (Å²) >= 11 is 0. The van der Waals surface area contributed by atoms with Gasteiger partial charge in [-0.1, -0.05) is 26.0 Å². The van der Waals surface area contributed by atoms with Crippen molar-refractivity contribution in [3.8, 4) is 5.75 Å². The molecule has 96 valence electrons. The van der Waals surface area contributed by atoms with E-state index in [2.05, 4.69) is 13.8 Å². The fourth-order valence-electron chi connectivity index (χ4n) is 1.97. The Morgan fingerprint density at radius 2 is 1.72 bits per heavy atom. The third-order valence-corrected chi connectivity index (χ3v) is 3.23. The zero-order valence-corrected chi connectivity index (χ0v) is 11.0. The molecule has 0 bridgehead atoms. The van der Waals surface area contributed by atoms with Crippen LogP contribution in [0.1, 0.15) is 26.7 Å². The maximum absolute atomic E-state index is 5.75. The molecule has 4 heteroatoms. The van der Waals surface area contributed by atoms with Gasteiger partial charge in [-0.25, -0.2) is 0 Å². The van der Waals surface area contributed by atoms with Crippen molar-refractivity contribution in [3.63, 3.8) is 0 Å². The van der Waals surface area contributed by atoms with E-state index in [4.69, 9.17) is 14.0 Å². The van der Waals surface area contributed by atoms with Crippen molar-refractivity contribution in [2.45, 2.75) is 32.8 Å². The first-order valence-electron chi connectivity index (χ1n) is 6.62. The second-order valence-corrected chi connectivity index (χ2v) is 6.00. The molecule has 0 spiro atoms. The topological polar surface area (TPSA) is 27.7 Å². The molecule has 0 aromatic heterocycles. The van der Waals surface area contributed by atoms with Crippen LogP contribution in [0.25, 0.3) is 0 Å². The Hall–Kier alpha value is -0.995. The molecule has 3 rings (SSSR count). The van der Waals surface area contributed by atoms with Gasteiger partial charge >= 0.3 is 7.12 Å². The number of benzene rings is 1. The van der Waals surface area contributed by atoms with E-state index in [1.54, 1.807) is 0 Å². The third-order valence-electron chi connectivity index (χ3n) is 3.23. The van der Waals surface area contributed by atoms with Crippen LogP contribution in [-0.4, -0.2) is 26.4 Å². The van der Waals surface area contributed by atoms with Crippen LogP contribution in [0.3, 0.4) is 0 Å². The Balaban J connectivity index is 1.62. The standard InChI is InChI=1S/C14H19BO3/c1-14(2)9-16-15(17-10-14)11-3-5-12(6-4-11)18-13-7-8-13/h3-6,13H,7-10H2,1-2H3. The summed E-state index contributed by atoms with van der Waals surface area (Å²) in [5, 5.41) is 0. The molecule has 0 amide bonds. The summed E-state index contributed by atoms with van der Waals surface area (Å²) < 4.78 is 17.2. The maximum Gasteiger partial charge on any atom is 0.493 e. The van der Waals surface area contributed by atoms with Crippen molar-refractivity contribution in [2.75, 3.05) is 13.2 Å². The first kappa shape index (κ1) is 12.1. The molecule has 1 saturated heterocycles. The molecular formula is C14H19BO3. The minimum absolute atomic E-state index is 0.117. The molecule has 3 nitrogen and oxygen atoms in total. The lowest BCUT2D eigenvalue weighted by atomic mass is 9.76. The Kier molecular flexibility index (Phi) is 3.08. The van der Waals surface area contributed by atoms with Gasteiger partial charge in [-0.3, -0.25) is 0 Å². The summed E-state index contributed by atoms with van der Waals surface area (Å²) in [6.07, 6.45) is 2.82. The number of hydrogen-bond acceptors (Lipinski definition) is 3. The van der Waals surface area contributed by atoms with Crippen molar-refractivity contribution < 1.29 is 14.0 Å². The van der Waals surface area contributed by atoms with E-state index in [1.165, 1.54) is 12.8 Å². The Morgan fingerprint density at radius 3 is 2.28 bits per heavy atom. The third kappa shape index (κ3) is 2.87. The van der Waals surface area contributed by atoms with Crippen molar-refractivity contribution in [3.05, 3.63) is 24.3 Å². The van der Waals surface area contributed by atoms with E-state index in [9.17, 15) is 0 Å². The van der Waals surface area contributed by atoms with Crippen molar-refractivity contribution in [1.82, 2.24) is 0 Å². The van der Waals surface area contributed by atoms with Crippen LogP contribution in [0.4, 0.5) is 0 Å². The predicted octanol–water partition coefficient (Wildman–Crippen LogP) is 2.00. The first-order chi connectivity index (χ1) is 8.62. The summed E-state index contributed by atoms with van der Waals surface area (Å²) in [5.41, 5.74) is 1.18. The lowest BCUT2D eigenvalue weighted by Gasteiger charge is -2.33. The molecule has 1 saturated carbocycles. The highest BCUT2D eigenvalue weighted by Gasteiger charge is 2.33. The Morgan fingerprint density at radius 1 is 1.11 bits per heavy atom. The zero-order chi connectivity index (χ0) is 12.6. The normalized spacial score (nSPS) is 22.9. The van der Waals surface area contributed by atoms with E-state index < -0.39 is 0 Å². The lowest BCUT2D eigenvalue weighted by molar-refractivity contribution is 0.0343. The fourth-order valence-corrected chi connectivity index (χ4v) is 1.97. The molecule has 0 unspecified atom stereocenters. The van der Waals surface area contributed by atoms with E-state index in [0.717, 1.165) is 24.4 Å². The predicted molar refractivity (Wildman–Crippen MR) is 71.2 cm³/mol. The summed E-state index contributed by atoms with van der Waals surface area (Å²) in [5.74, 6) is 0.942. The Labute approximate surface area is 109 Å². The first-order valence-corrected chi connectivity index (χ1v) is 6.62. The maximum atomic E-state index is 5.75. The highest BCUT2D eigenvalue weighted by molar-refractivity contribution is 6.61. The van der Waals surface area contributed by atoms with Gasteiger partial charge < -0.3 is 14.0 Å². The molecule has 0 N–H and O–H groups in total. The summed E-state index contributed by atoms with van der Waals surface area (Å²) in [6.45, 7) is 5.77. The van der Waals surface area contributed by atoms with Gasteiger partial charge in [0.2, 0.25) is 0 Å². The molecule has 0 atom stereocenters. The average Bonchev–Trinajstić information content (AvgIpc) is 3.14. The largest absolute Gasteiger partial charge is 0.493 e. The second-order valence-electron chi connectivity index (χ2n) is 6.00. The van der Waals surface area contributed by atoms with Gasteiger partial charge in [0.1, 0.15) is 5.75 Å². The number of rotatable bonds is 3. The molecule has 1 aliphatic heterocycles. The van der Waals surface area contributed by atoms with Gasteiger partial charge in [0.05, 0.1) is 6.10 Å². The minimum Gasteiger partial charge on any atom is -0.490 e. The highest BCUT2D eigenvalue weighted by Crippen LogP contribution is 2.26. The molecule has 1 aromatic carbocycles. The van der Waals surface area contributed by atoms with Gasteiger partial charge in [0, 0.05) is 18.6 Å². The van der Waals surface area contributed by atoms with E-state index in [1.807, 2.05) is 24.3 Å². The molecule has 1 aromatic rings. The minimum atomic E-state index is -0.229. The molecule has 1 aliphatic carbocycles. The van der Waals surface area contributed by atoms with E-state index >= 15 is 0 Å². The van der Waals surface area contributed by atoms with Gasteiger partial charge in [-0.05, 0) is 30.4 Å². The molecular weight excluding hydrogens is 227 g/mol. The van der Waals surface area contributed by atoms with Gasteiger partial charge in [-0.2, -0.15) is 0 Å². The van der Waals surface area contributed by atoms with E-state index in [0.29, 0.717) is 6.10 Å². The monoisotopic (exact) mass is 246 g/mol. The van der Waals surface area contributed by atoms with Crippen molar-refractivity contribution in [1.29, 1.82) is 0 Å². The molecule has 18 heavy (non-hydrogen) atoms. The van der Waals surface area contributed by atoms with Crippen molar-refractivity contribution in [2.24, 2.45) is 5.41 Å². The fraction of sp³-hybridized carbons (Fsp3) is 0.571. The van der Waals surface area contributed by atoms with Gasteiger partial charge in [0.15, 0.2) is 0 Å². The second kappa shape index (κ2) is 4.59. The molecule has 2 fully saturated rings. The van der Waals surface area contributed by atoms with Crippen LogP contribution in [0, 0.1) is 5.41 Å². The molecule has 2 aliphatic rings. The van der Waals surface area contributed by atoms with E-state index in [-0.39, 0.29) is 12.5 Å². The number of hydrogen-bond donors (Lipinski definition) is 0. The smallest absolute Gasteiger partial charge is 0.490 e. The van der Waals surface area contributed by atoms with Gasteiger partial charge in [0.25, 0.3) is 0 Å². The highest BCUT2D eigenvalue weighted by atomic mass is 16.6. The summed E-state index contributed by atoms with van der Waals surface area (Å²) in [4.78, 5) is 0. The average molecular weight is 246 g/mol. The lowest BCUT2D eigenvalue weighted by Crippen LogP contribution is -2.47. The summed E-state index contributed by atoms with van der Waals surface area (Å²) in [6, 6.07) is 8.06. The molecule has 0 radical (unpaired) electrons. The Bertz CT molecular complexity index is 402. The van der Waals surface area contributed by atoms with Crippen LogP contribution in [0.15, 0.2) is 24.3 Å². The van der Waals surface area contributed by atoms with Crippen LogP contribution < -0.4 is 10.2 Å². The molecule has 1 heterocycles. The van der Waals surface area contributed by atoms with Crippen LogP contribution >= 0.6 is 0 Å². The summed E-state index contributed by atoms with van der Waals surface area (Å²) in [7, 11) is -0.229. The quantitative estimate of drug-likeness (QED) is 0.763.